The van der Waals surface area contributed by atoms with Crippen molar-refractivity contribution < 1.29 is 19.4 Å². The Hall–Kier alpha value is -1.88. The average Bonchev–Trinajstić information content (AvgIpc) is 2.46. The second-order valence-corrected chi connectivity index (χ2v) is 6.21. The van der Waals surface area contributed by atoms with Crippen LogP contribution < -0.4 is 5.32 Å². The van der Waals surface area contributed by atoms with E-state index in [-0.39, 0.29) is 24.9 Å². The smallest absolute Gasteiger partial charge is 0.326 e. The molecule has 0 aliphatic rings. The summed E-state index contributed by atoms with van der Waals surface area (Å²) in [5.74, 6) is -0.789. The van der Waals surface area contributed by atoms with Gasteiger partial charge in [0.1, 0.15) is 6.04 Å². The molecule has 0 saturated heterocycles. The predicted octanol–water partition coefficient (Wildman–Crippen LogP) is 2.64. The lowest BCUT2D eigenvalue weighted by Crippen LogP contribution is -2.42. The molecule has 1 aromatic rings. The third-order valence-electron chi connectivity index (χ3n) is 3.45. The zero-order valence-corrected chi connectivity index (χ0v) is 14.1. The Labute approximate surface area is 138 Å². The number of amides is 1. The number of nitrogens with one attached hydrogen (secondary N) is 1. The van der Waals surface area contributed by atoms with Crippen LogP contribution in [0.3, 0.4) is 0 Å². The molecule has 0 aliphatic heterocycles. The summed E-state index contributed by atoms with van der Waals surface area (Å²) in [5.41, 5.74) is 0.877. The van der Waals surface area contributed by atoms with E-state index in [4.69, 9.17) is 4.74 Å². The zero-order chi connectivity index (χ0) is 17.2. The fraction of sp³-hybridized carbons (Fsp3) is 0.556. The molecular weight excluding hydrogens is 294 g/mol. The average molecular weight is 321 g/mol. The van der Waals surface area contributed by atoms with E-state index >= 15 is 0 Å². The minimum absolute atomic E-state index is 0.0994. The minimum Gasteiger partial charge on any atom is -0.480 e. The van der Waals surface area contributed by atoms with Gasteiger partial charge in [0.25, 0.3) is 0 Å². The van der Waals surface area contributed by atoms with Crippen LogP contribution in [-0.4, -0.2) is 35.7 Å². The minimum atomic E-state index is -1.03. The molecule has 0 aromatic heterocycles. The van der Waals surface area contributed by atoms with Crippen molar-refractivity contribution in [3.8, 4) is 0 Å². The summed E-state index contributed by atoms with van der Waals surface area (Å²) in [6, 6.07) is 8.34. The molecule has 5 nitrogen and oxygen atoms in total. The number of hydrogen-bond acceptors (Lipinski definition) is 3. The Morgan fingerprint density at radius 3 is 2.39 bits per heavy atom. The molecule has 1 amide bonds. The van der Waals surface area contributed by atoms with E-state index in [1.165, 1.54) is 0 Å². The number of aliphatic carboxylic acids is 1. The van der Waals surface area contributed by atoms with Crippen LogP contribution in [0, 0.1) is 5.92 Å². The lowest BCUT2D eigenvalue weighted by molar-refractivity contribution is -0.142. The Morgan fingerprint density at radius 1 is 1.17 bits per heavy atom. The van der Waals surface area contributed by atoms with Gasteiger partial charge in [-0.3, -0.25) is 4.79 Å². The van der Waals surface area contributed by atoms with E-state index in [2.05, 4.69) is 19.2 Å². The van der Waals surface area contributed by atoms with E-state index < -0.39 is 12.0 Å². The number of benzene rings is 1. The summed E-state index contributed by atoms with van der Waals surface area (Å²) in [7, 11) is 0. The Balaban J connectivity index is 2.38. The van der Waals surface area contributed by atoms with Crippen molar-refractivity contribution in [3.05, 3.63) is 35.9 Å². The van der Waals surface area contributed by atoms with Gasteiger partial charge in [-0.25, -0.2) is 4.79 Å². The molecule has 0 radical (unpaired) electrons. The van der Waals surface area contributed by atoms with Gasteiger partial charge in [0.15, 0.2) is 0 Å². The quantitative estimate of drug-likeness (QED) is 0.694. The second kappa shape index (κ2) is 10.0. The van der Waals surface area contributed by atoms with Crippen molar-refractivity contribution >= 4 is 11.9 Å². The van der Waals surface area contributed by atoms with Crippen molar-refractivity contribution in [2.24, 2.45) is 5.92 Å². The van der Waals surface area contributed by atoms with Crippen LogP contribution in [0.5, 0.6) is 0 Å². The molecule has 128 valence electrons. The van der Waals surface area contributed by atoms with Crippen molar-refractivity contribution in [2.75, 3.05) is 6.61 Å². The topological polar surface area (TPSA) is 75.6 Å². The van der Waals surface area contributed by atoms with E-state index in [0.717, 1.165) is 12.0 Å². The monoisotopic (exact) mass is 321 g/mol. The Kier molecular flexibility index (Phi) is 8.33. The maximum Gasteiger partial charge on any atom is 0.326 e. The van der Waals surface area contributed by atoms with Crippen LogP contribution in [0.1, 0.15) is 39.2 Å². The molecule has 2 atom stereocenters. The largest absolute Gasteiger partial charge is 0.480 e. The SMILES string of the molecule is CC(C)CC(C)OCCC(=O)NC(Cc1ccccc1)C(=O)O. The Bertz CT molecular complexity index is 487. The zero-order valence-electron chi connectivity index (χ0n) is 14.1. The molecule has 1 aromatic carbocycles. The van der Waals surface area contributed by atoms with Gasteiger partial charge in [-0.1, -0.05) is 44.2 Å². The van der Waals surface area contributed by atoms with E-state index in [9.17, 15) is 14.7 Å². The molecule has 2 unspecified atom stereocenters. The van der Waals surface area contributed by atoms with Gasteiger partial charge < -0.3 is 15.2 Å². The van der Waals surface area contributed by atoms with Crippen molar-refractivity contribution in [2.45, 2.75) is 52.2 Å². The fourth-order valence-electron chi connectivity index (χ4n) is 2.40. The fourth-order valence-corrected chi connectivity index (χ4v) is 2.40. The highest BCUT2D eigenvalue weighted by Crippen LogP contribution is 2.08. The highest BCUT2D eigenvalue weighted by atomic mass is 16.5. The maximum absolute atomic E-state index is 11.9. The molecule has 2 N–H and O–H groups in total. The molecule has 0 bridgehead atoms. The number of ether oxygens (including phenoxy) is 1. The molecule has 0 fully saturated rings. The summed E-state index contributed by atoms with van der Waals surface area (Å²) < 4.78 is 5.58. The predicted molar refractivity (Wildman–Crippen MR) is 89.2 cm³/mol. The van der Waals surface area contributed by atoms with Crippen LogP contribution in [0.25, 0.3) is 0 Å². The molecule has 0 saturated carbocycles. The number of hydrogen-bond donors (Lipinski definition) is 2. The summed E-state index contributed by atoms with van der Waals surface area (Å²) in [6.45, 7) is 6.52. The summed E-state index contributed by atoms with van der Waals surface area (Å²) in [6.07, 6.45) is 1.48. The van der Waals surface area contributed by atoms with Crippen molar-refractivity contribution in [1.82, 2.24) is 5.32 Å². The van der Waals surface area contributed by atoms with E-state index in [1.54, 1.807) is 0 Å². The number of carbonyl (C=O) groups excluding carboxylic acids is 1. The standard InChI is InChI=1S/C18H27NO4/c1-13(2)11-14(3)23-10-9-17(20)19-16(18(21)22)12-15-7-5-4-6-8-15/h4-8,13-14,16H,9-12H2,1-3H3,(H,19,20)(H,21,22). The van der Waals surface area contributed by atoms with Crippen LogP contribution in [0.4, 0.5) is 0 Å². The van der Waals surface area contributed by atoms with E-state index in [0.29, 0.717) is 12.5 Å². The first-order valence-electron chi connectivity index (χ1n) is 8.06. The highest BCUT2D eigenvalue weighted by molar-refractivity contribution is 5.83. The third-order valence-corrected chi connectivity index (χ3v) is 3.45. The van der Waals surface area contributed by atoms with Gasteiger partial charge in [-0.15, -0.1) is 0 Å². The number of rotatable bonds is 10. The van der Waals surface area contributed by atoms with Crippen molar-refractivity contribution in [3.63, 3.8) is 0 Å². The molecular formula is C18H27NO4. The van der Waals surface area contributed by atoms with Gasteiger partial charge >= 0.3 is 5.97 Å². The number of carboxylic acids is 1. The Morgan fingerprint density at radius 2 is 1.83 bits per heavy atom. The summed E-state index contributed by atoms with van der Waals surface area (Å²) >= 11 is 0. The first-order chi connectivity index (χ1) is 10.9. The van der Waals surface area contributed by atoms with Gasteiger partial charge in [-0.05, 0) is 24.8 Å². The molecule has 23 heavy (non-hydrogen) atoms. The first kappa shape index (κ1) is 19.2. The number of carboxylic acid groups (broad SMARTS) is 1. The maximum atomic E-state index is 11.9. The van der Waals surface area contributed by atoms with Crippen LogP contribution in [0.2, 0.25) is 0 Å². The first-order valence-corrected chi connectivity index (χ1v) is 8.06. The van der Waals surface area contributed by atoms with Gasteiger partial charge in [0, 0.05) is 12.8 Å². The van der Waals surface area contributed by atoms with Gasteiger partial charge in [-0.2, -0.15) is 0 Å². The molecule has 1 rings (SSSR count). The van der Waals surface area contributed by atoms with E-state index in [1.807, 2.05) is 37.3 Å². The third kappa shape index (κ3) is 8.35. The summed E-state index contributed by atoms with van der Waals surface area (Å²) in [4.78, 5) is 23.2. The molecule has 0 spiro atoms. The molecule has 0 aliphatic carbocycles. The normalized spacial score (nSPS) is 13.6. The van der Waals surface area contributed by atoms with Crippen LogP contribution in [-0.2, 0) is 20.7 Å². The van der Waals surface area contributed by atoms with Crippen molar-refractivity contribution in [1.29, 1.82) is 0 Å². The van der Waals surface area contributed by atoms with Crippen LogP contribution >= 0.6 is 0 Å². The lowest BCUT2D eigenvalue weighted by Gasteiger charge is -2.17. The second-order valence-electron chi connectivity index (χ2n) is 6.21. The van der Waals surface area contributed by atoms with Gasteiger partial charge in [0.05, 0.1) is 12.7 Å². The lowest BCUT2D eigenvalue weighted by atomic mass is 10.1. The molecule has 5 heteroatoms. The highest BCUT2D eigenvalue weighted by Gasteiger charge is 2.20. The van der Waals surface area contributed by atoms with Crippen LogP contribution in [0.15, 0.2) is 30.3 Å². The molecule has 0 heterocycles. The number of carbonyl (C=O) groups is 2. The van der Waals surface area contributed by atoms with Gasteiger partial charge in [0.2, 0.25) is 5.91 Å². The summed E-state index contributed by atoms with van der Waals surface area (Å²) in [5, 5.41) is 11.8.